The van der Waals surface area contributed by atoms with E-state index in [-0.39, 0.29) is 5.56 Å². The van der Waals surface area contributed by atoms with E-state index in [9.17, 15) is 4.79 Å². The van der Waals surface area contributed by atoms with Gasteiger partial charge in [0.1, 0.15) is 5.82 Å². The fourth-order valence-electron chi connectivity index (χ4n) is 3.52. The number of hydrogen-bond donors (Lipinski definition) is 0. The van der Waals surface area contributed by atoms with Gasteiger partial charge in [0, 0.05) is 10.6 Å². The summed E-state index contributed by atoms with van der Waals surface area (Å²) in [5.41, 5.74) is 1.85. The molecule has 0 aliphatic heterocycles. The Morgan fingerprint density at radius 1 is 0.844 bits per heavy atom. The fourth-order valence-corrected chi connectivity index (χ4v) is 3.65. The highest BCUT2D eigenvalue weighted by molar-refractivity contribution is 6.30. The SMILES string of the molecule is COc1ccc(C=Cc2nc3ccccc3c(=O)n2-c2ccc(Cl)cc2)c(OC)c1OC. The molecule has 0 N–H and O–H groups in total. The van der Waals surface area contributed by atoms with Gasteiger partial charge in [-0.3, -0.25) is 9.36 Å². The minimum absolute atomic E-state index is 0.170. The zero-order valence-electron chi connectivity index (χ0n) is 17.8. The monoisotopic (exact) mass is 448 g/mol. The largest absolute Gasteiger partial charge is 0.493 e. The van der Waals surface area contributed by atoms with Crippen LogP contribution >= 0.6 is 11.6 Å². The second-order valence-electron chi connectivity index (χ2n) is 6.86. The first-order valence-corrected chi connectivity index (χ1v) is 10.2. The number of fused-ring (bicyclic) bond motifs is 1. The molecule has 162 valence electrons. The van der Waals surface area contributed by atoms with Crippen molar-refractivity contribution in [1.82, 2.24) is 9.55 Å². The van der Waals surface area contributed by atoms with Crippen LogP contribution in [0.2, 0.25) is 5.02 Å². The summed E-state index contributed by atoms with van der Waals surface area (Å²) in [4.78, 5) is 18.1. The van der Waals surface area contributed by atoms with Crippen molar-refractivity contribution in [2.45, 2.75) is 0 Å². The minimum atomic E-state index is -0.170. The number of nitrogens with zero attached hydrogens (tertiary/aromatic N) is 2. The van der Waals surface area contributed by atoms with Gasteiger partial charge in [-0.05, 0) is 60.7 Å². The van der Waals surface area contributed by atoms with Gasteiger partial charge in [-0.2, -0.15) is 0 Å². The first-order valence-electron chi connectivity index (χ1n) is 9.82. The van der Waals surface area contributed by atoms with E-state index in [1.165, 1.54) is 0 Å². The van der Waals surface area contributed by atoms with Crippen LogP contribution in [-0.2, 0) is 0 Å². The summed E-state index contributed by atoms with van der Waals surface area (Å²) in [7, 11) is 4.68. The Morgan fingerprint density at radius 3 is 2.25 bits per heavy atom. The van der Waals surface area contributed by atoms with Gasteiger partial charge in [-0.1, -0.05) is 23.7 Å². The Labute approximate surface area is 190 Å². The summed E-state index contributed by atoms with van der Waals surface area (Å²) < 4.78 is 17.9. The van der Waals surface area contributed by atoms with E-state index >= 15 is 0 Å². The number of ether oxygens (including phenoxy) is 3. The Balaban J connectivity index is 1.92. The third kappa shape index (κ3) is 3.92. The summed E-state index contributed by atoms with van der Waals surface area (Å²) in [5, 5.41) is 1.12. The van der Waals surface area contributed by atoms with Gasteiger partial charge in [0.05, 0.1) is 37.9 Å². The van der Waals surface area contributed by atoms with Crippen LogP contribution in [0.4, 0.5) is 0 Å². The summed E-state index contributed by atoms with van der Waals surface area (Å²) >= 11 is 6.05. The molecule has 1 aromatic heterocycles. The van der Waals surface area contributed by atoms with Crippen molar-refractivity contribution in [3.8, 4) is 22.9 Å². The summed E-state index contributed by atoms with van der Waals surface area (Å²) in [6.07, 6.45) is 3.59. The molecule has 0 spiro atoms. The highest BCUT2D eigenvalue weighted by atomic mass is 35.5. The number of benzene rings is 3. The molecule has 0 atom stereocenters. The number of para-hydroxylation sites is 1. The van der Waals surface area contributed by atoms with Crippen LogP contribution in [0.3, 0.4) is 0 Å². The van der Waals surface area contributed by atoms with Crippen molar-refractivity contribution in [2.24, 2.45) is 0 Å². The Kier molecular flexibility index (Phi) is 6.14. The van der Waals surface area contributed by atoms with Crippen LogP contribution in [0, 0.1) is 0 Å². The van der Waals surface area contributed by atoms with Crippen molar-refractivity contribution < 1.29 is 14.2 Å². The molecule has 0 fully saturated rings. The molecular weight excluding hydrogens is 428 g/mol. The maximum absolute atomic E-state index is 13.3. The predicted molar refractivity (Wildman–Crippen MR) is 127 cm³/mol. The first-order chi connectivity index (χ1) is 15.6. The molecule has 32 heavy (non-hydrogen) atoms. The molecule has 3 aromatic carbocycles. The van der Waals surface area contributed by atoms with Crippen molar-refractivity contribution in [1.29, 1.82) is 0 Å². The Morgan fingerprint density at radius 2 is 1.56 bits per heavy atom. The van der Waals surface area contributed by atoms with Gasteiger partial charge < -0.3 is 14.2 Å². The van der Waals surface area contributed by atoms with E-state index in [4.69, 9.17) is 30.8 Å². The van der Waals surface area contributed by atoms with Crippen molar-refractivity contribution in [3.63, 3.8) is 0 Å². The van der Waals surface area contributed by atoms with Crippen molar-refractivity contribution >= 4 is 34.7 Å². The molecule has 0 unspecified atom stereocenters. The van der Waals surface area contributed by atoms with E-state index in [0.717, 1.165) is 5.56 Å². The third-order valence-corrected chi connectivity index (χ3v) is 5.29. The maximum atomic E-state index is 13.3. The van der Waals surface area contributed by atoms with E-state index in [2.05, 4.69) is 0 Å². The molecule has 0 radical (unpaired) electrons. The highest BCUT2D eigenvalue weighted by Crippen LogP contribution is 2.40. The lowest BCUT2D eigenvalue weighted by Crippen LogP contribution is -2.22. The van der Waals surface area contributed by atoms with Crippen molar-refractivity contribution in [3.05, 3.63) is 87.4 Å². The van der Waals surface area contributed by atoms with Crippen LogP contribution in [0.5, 0.6) is 17.2 Å². The van der Waals surface area contributed by atoms with Crippen molar-refractivity contribution in [2.75, 3.05) is 21.3 Å². The lowest BCUT2D eigenvalue weighted by Gasteiger charge is -2.14. The smallest absolute Gasteiger partial charge is 0.266 e. The number of methoxy groups -OCH3 is 3. The average molecular weight is 449 g/mol. The standard InChI is InChI=1S/C25H21ClN2O4/c1-30-21-14-8-16(23(31-2)24(21)32-3)9-15-22-27-20-7-5-4-6-19(20)25(29)28(22)18-12-10-17(26)11-13-18/h4-15H,1-3H3. The molecular formula is C25H21ClN2O4. The highest BCUT2D eigenvalue weighted by Gasteiger charge is 2.15. The van der Waals surface area contributed by atoms with Gasteiger partial charge in [-0.25, -0.2) is 4.98 Å². The lowest BCUT2D eigenvalue weighted by atomic mass is 10.1. The van der Waals surface area contributed by atoms with Crippen LogP contribution < -0.4 is 19.8 Å². The van der Waals surface area contributed by atoms with Crippen LogP contribution in [0.25, 0.3) is 28.7 Å². The molecule has 4 rings (SSSR count). The molecule has 0 saturated heterocycles. The molecule has 0 bridgehead atoms. The van der Waals surface area contributed by atoms with Crippen LogP contribution in [0.1, 0.15) is 11.4 Å². The van der Waals surface area contributed by atoms with E-state index < -0.39 is 0 Å². The molecule has 1 heterocycles. The molecule has 0 saturated carbocycles. The zero-order chi connectivity index (χ0) is 22.7. The Bertz CT molecular complexity index is 1360. The summed E-state index contributed by atoms with van der Waals surface area (Å²) in [6.45, 7) is 0. The summed E-state index contributed by atoms with van der Waals surface area (Å²) in [6, 6.07) is 18.0. The van der Waals surface area contributed by atoms with Gasteiger partial charge in [0.15, 0.2) is 11.5 Å². The number of aromatic nitrogens is 2. The first kappa shape index (κ1) is 21.5. The number of rotatable bonds is 6. The number of halogens is 1. The molecule has 0 aliphatic carbocycles. The molecule has 6 nitrogen and oxygen atoms in total. The molecule has 0 amide bonds. The van der Waals surface area contributed by atoms with Gasteiger partial charge >= 0.3 is 0 Å². The van der Waals surface area contributed by atoms with Gasteiger partial charge in [0.25, 0.3) is 5.56 Å². The second-order valence-corrected chi connectivity index (χ2v) is 7.30. The quantitative estimate of drug-likeness (QED) is 0.404. The Hall–Kier alpha value is -3.77. The third-order valence-electron chi connectivity index (χ3n) is 5.03. The van der Waals surface area contributed by atoms with E-state index in [1.807, 2.05) is 30.3 Å². The summed E-state index contributed by atoms with van der Waals surface area (Å²) in [5.74, 6) is 2.03. The molecule has 0 aliphatic rings. The van der Waals surface area contributed by atoms with Gasteiger partial charge in [0.2, 0.25) is 5.75 Å². The maximum Gasteiger partial charge on any atom is 0.266 e. The van der Waals surface area contributed by atoms with E-state index in [1.54, 1.807) is 68.4 Å². The second kappa shape index (κ2) is 9.16. The van der Waals surface area contributed by atoms with Gasteiger partial charge in [-0.15, -0.1) is 0 Å². The zero-order valence-corrected chi connectivity index (χ0v) is 18.6. The minimum Gasteiger partial charge on any atom is -0.493 e. The fraction of sp³-hybridized carbons (Fsp3) is 0.120. The molecule has 4 aromatic rings. The predicted octanol–water partition coefficient (Wildman–Crippen LogP) is 5.24. The topological polar surface area (TPSA) is 62.6 Å². The van der Waals surface area contributed by atoms with Crippen LogP contribution in [0.15, 0.2) is 65.5 Å². The normalized spacial score (nSPS) is 11.1. The lowest BCUT2D eigenvalue weighted by molar-refractivity contribution is 0.324. The van der Waals surface area contributed by atoms with E-state index in [0.29, 0.717) is 44.7 Å². The average Bonchev–Trinajstić information content (AvgIpc) is 2.82. The number of hydrogen-bond acceptors (Lipinski definition) is 5. The van der Waals surface area contributed by atoms with Crippen LogP contribution in [-0.4, -0.2) is 30.9 Å². The molecule has 7 heteroatoms.